The molecular weight excluding hydrogens is 440 g/mol. The van der Waals surface area contributed by atoms with Crippen LogP contribution in [0.2, 0.25) is 0 Å². The molecule has 1 aliphatic heterocycles. The molecule has 0 aliphatic carbocycles. The van der Waals surface area contributed by atoms with Crippen LogP contribution in [0.4, 0.5) is 10.5 Å². The molecule has 0 bridgehead atoms. The molecule has 1 aliphatic rings. The number of nitro groups is 1. The zero-order valence-corrected chi connectivity index (χ0v) is 19.3. The fraction of sp³-hybridized carbons (Fsp3) is 0.600. The molecule has 2 amide bonds. The summed E-state index contributed by atoms with van der Waals surface area (Å²) in [6, 6.07) is 4.74. The van der Waals surface area contributed by atoms with Crippen LogP contribution in [0.15, 0.2) is 29.2 Å². The number of likely N-dealkylation sites (tertiary alicyclic amines) is 1. The largest absolute Gasteiger partial charge is 0.444 e. The van der Waals surface area contributed by atoms with Crippen LogP contribution >= 0.6 is 0 Å². The second-order valence-electron chi connectivity index (χ2n) is 8.62. The van der Waals surface area contributed by atoms with Gasteiger partial charge in [-0.25, -0.2) is 17.9 Å². The van der Waals surface area contributed by atoms with E-state index < -0.39 is 20.5 Å². The molecule has 1 fully saturated rings. The molecule has 0 unspecified atom stereocenters. The summed E-state index contributed by atoms with van der Waals surface area (Å²) in [5.41, 5.74) is -0.871. The predicted octanol–water partition coefficient (Wildman–Crippen LogP) is 2.03. The highest BCUT2D eigenvalue weighted by molar-refractivity contribution is 7.89. The molecule has 12 heteroatoms. The van der Waals surface area contributed by atoms with E-state index in [0.29, 0.717) is 32.4 Å². The molecule has 1 saturated heterocycles. The molecule has 0 aromatic heterocycles. The van der Waals surface area contributed by atoms with Crippen molar-refractivity contribution in [2.24, 2.45) is 5.92 Å². The number of piperidine rings is 1. The van der Waals surface area contributed by atoms with Gasteiger partial charge in [-0.05, 0) is 45.6 Å². The Morgan fingerprint density at radius 3 is 2.47 bits per heavy atom. The van der Waals surface area contributed by atoms with Gasteiger partial charge in [-0.1, -0.05) is 6.07 Å². The van der Waals surface area contributed by atoms with Gasteiger partial charge in [0.1, 0.15) is 5.60 Å². The summed E-state index contributed by atoms with van der Waals surface area (Å²) < 4.78 is 32.2. The van der Waals surface area contributed by atoms with Crippen LogP contribution < -0.4 is 10.0 Å². The van der Waals surface area contributed by atoms with Gasteiger partial charge in [0.25, 0.3) is 5.69 Å². The molecule has 0 saturated carbocycles. The maximum atomic E-state index is 12.3. The highest BCUT2D eigenvalue weighted by Crippen LogP contribution is 2.22. The zero-order chi connectivity index (χ0) is 23.9. The number of hydrogen-bond donors (Lipinski definition) is 2. The van der Waals surface area contributed by atoms with Crippen molar-refractivity contribution in [1.82, 2.24) is 14.9 Å². The van der Waals surface area contributed by atoms with Crippen molar-refractivity contribution in [3.8, 4) is 0 Å². The summed E-state index contributed by atoms with van der Waals surface area (Å²) in [5.74, 6) is -0.0643. The standard InChI is InChI=1S/C20H30N4O7S/c1-20(2,3)31-19(26)23-11-7-15(8-12-23)13-18(25)21-9-10-22-32(29,30)17-6-4-5-16(14-17)24(27)28/h4-6,14-15,22H,7-13H2,1-3H3,(H,21,25). The number of benzene rings is 1. The zero-order valence-electron chi connectivity index (χ0n) is 18.5. The molecule has 0 radical (unpaired) electrons. The van der Waals surface area contributed by atoms with Gasteiger partial charge < -0.3 is 15.0 Å². The first kappa shape index (κ1) is 25.5. The Kier molecular flexibility index (Phi) is 8.56. The van der Waals surface area contributed by atoms with Crippen LogP contribution in [-0.4, -0.2) is 62.0 Å². The monoisotopic (exact) mass is 470 g/mol. The smallest absolute Gasteiger partial charge is 0.410 e. The Balaban J connectivity index is 1.70. The van der Waals surface area contributed by atoms with Crippen molar-refractivity contribution >= 4 is 27.7 Å². The Morgan fingerprint density at radius 1 is 1.22 bits per heavy atom. The molecule has 0 spiro atoms. The number of non-ortho nitro benzene ring substituents is 1. The van der Waals surface area contributed by atoms with Gasteiger partial charge in [0.2, 0.25) is 15.9 Å². The molecule has 1 aromatic carbocycles. The van der Waals surface area contributed by atoms with Crippen molar-refractivity contribution in [3.05, 3.63) is 34.4 Å². The lowest BCUT2D eigenvalue weighted by atomic mass is 9.93. The molecule has 1 aromatic rings. The predicted molar refractivity (Wildman–Crippen MR) is 116 cm³/mol. The SMILES string of the molecule is CC(C)(C)OC(=O)N1CCC(CC(=O)NCCNS(=O)(=O)c2cccc([N+](=O)[O-])c2)CC1. The Morgan fingerprint density at radius 2 is 1.88 bits per heavy atom. The second kappa shape index (κ2) is 10.7. The number of sulfonamides is 1. The first-order valence-electron chi connectivity index (χ1n) is 10.4. The highest BCUT2D eigenvalue weighted by Gasteiger charge is 2.27. The van der Waals surface area contributed by atoms with Crippen LogP contribution in [0.3, 0.4) is 0 Å². The van der Waals surface area contributed by atoms with E-state index in [2.05, 4.69) is 10.0 Å². The Hall–Kier alpha value is -2.73. The normalized spacial score (nSPS) is 15.3. The second-order valence-corrected chi connectivity index (χ2v) is 10.4. The number of nitrogens with zero attached hydrogens (tertiary/aromatic N) is 2. The first-order chi connectivity index (χ1) is 14.9. The van der Waals surface area contributed by atoms with Crippen LogP contribution in [0, 0.1) is 16.0 Å². The Labute approximate surface area is 187 Å². The van der Waals surface area contributed by atoms with Crippen LogP contribution in [0.5, 0.6) is 0 Å². The van der Waals surface area contributed by atoms with Gasteiger partial charge >= 0.3 is 6.09 Å². The minimum absolute atomic E-state index is 0.0478. The van der Waals surface area contributed by atoms with Gasteiger partial charge in [0.05, 0.1) is 9.82 Å². The lowest BCUT2D eigenvalue weighted by Gasteiger charge is -2.33. The van der Waals surface area contributed by atoms with E-state index in [1.807, 2.05) is 20.8 Å². The first-order valence-corrected chi connectivity index (χ1v) is 11.8. The summed E-state index contributed by atoms with van der Waals surface area (Å²) in [7, 11) is -3.92. The van der Waals surface area contributed by atoms with Crippen LogP contribution in [-0.2, 0) is 19.6 Å². The van der Waals surface area contributed by atoms with E-state index in [-0.39, 0.29) is 41.6 Å². The number of rotatable bonds is 8. The summed E-state index contributed by atoms with van der Waals surface area (Å²) in [4.78, 5) is 35.8. The average molecular weight is 471 g/mol. The lowest BCUT2D eigenvalue weighted by Crippen LogP contribution is -2.42. The van der Waals surface area contributed by atoms with E-state index >= 15 is 0 Å². The Bertz CT molecular complexity index is 936. The molecule has 11 nitrogen and oxygen atoms in total. The van der Waals surface area contributed by atoms with Crippen molar-refractivity contribution < 1.29 is 27.7 Å². The van der Waals surface area contributed by atoms with Crippen molar-refractivity contribution in [3.63, 3.8) is 0 Å². The quantitative estimate of drug-likeness (QED) is 0.335. The molecule has 1 heterocycles. The van der Waals surface area contributed by atoms with Gasteiger partial charge in [-0.15, -0.1) is 0 Å². The molecule has 2 N–H and O–H groups in total. The fourth-order valence-electron chi connectivity index (χ4n) is 3.22. The fourth-order valence-corrected chi connectivity index (χ4v) is 4.29. The number of nitro benzene ring substituents is 1. The molecule has 178 valence electrons. The lowest BCUT2D eigenvalue weighted by molar-refractivity contribution is -0.385. The summed E-state index contributed by atoms with van der Waals surface area (Å²) >= 11 is 0. The third-order valence-corrected chi connectivity index (χ3v) is 6.28. The summed E-state index contributed by atoms with van der Waals surface area (Å²) in [6.07, 6.45) is 1.31. The van der Waals surface area contributed by atoms with E-state index in [9.17, 15) is 28.1 Å². The highest BCUT2D eigenvalue weighted by atomic mass is 32.2. The maximum Gasteiger partial charge on any atom is 0.410 e. The van der Waals surface area contributed by atoms with Crippen molar-refractivity contribution in [1.29, 1.82) is 0 Å². The molecule has 32 heavy (non-hydrogen) atoms. The summed E-state index contributed by atoms with van der Waals surface area (Å²) in [6.45, 7) is 6.52. The summed E-state index contributed by atoms with van der Waals surface area (Å²) in [5, 5.41) is 13.5. The minimum Gasteiger partial charge on any atom is -0.444 e. The minimum atomic E-state index is -3.92. The third-order valence-electron chi connectivity index (χ3n) is 4.82. The average Bonchev–Trinajstić information content (AvgIpc) is 2.70. The van der Waals surface area contributed by atoms with Crippen LogP contribution in [0.25, 0.3) is 0 Å². The molecule has 2 rings (SSSR count). The maximum absolute atomic E-state index is 12.3. The number of carbonyl (C=O) groups excluding carboxylic acids is 2. The molecule has 0 atom stereocenters. The van der Waals surface area contributed by atoms with E-state index in [4.69, 9.17) is 4.74 Å². The van der Waals surface area contributed by atoms with E-state index in [1.165, 1.54) is 18.2 Å². The van der Waals surface area contributed by atoms with Gasteiger partial charge in [-0.2, -0.15) is 0 Å². The van der Waals surface area contributed by atoms with Crippen LogP contribution in [0.1, 0.15) is 40.0 Å². The molecular formula is C20H30N4O7S. The third kappa shape index (κ3) is 8.08. The number of carbonyl (C=O) groups is 2. The number of hydrogen-bond acceptors (Lipinski definition) is 7. The van der Waals surface area contributed by atoms with Gasteiger partial charge in [0, 0.05) is 44.7 Å². The van der Waals surface area contributed by atoms with Gasteiger partial charge in [-0.3, -0.25) is 14.9 Å². The van der Waals surface area contributed by atoms with Gasteiger partial charge in [0.15, 0.2) is 0 Å². The number of amides is 2. The topological polar surface area (TPSA) is 148 Å². The van der Waals surface area contributed by atoms with Crippen molar-refractivity contribution in [2.45, 2.75) is 50.5 Å². The number of nitrogens with one attached hydrogen (secondary N) is 2. The number of ether oxygens (including phenoxy) is 1. The van der Waals surface area contributed by atoms with E-state index in [0.717, 1.165) is 6.07 Å². The van der Waals surface area contributed by atoms with E-state index in [1.54, 1.807) is 4.90 Å². The van der Waals surface area contributed by atoms with Crippen molar-refractivity contribution in [2.75, 3.05) is 26.2 Å².